The number of nitrogens with zero attached hydrogens (tertiary/aromatic N) is 3. The SMILES string of the molecule is COc1ccc(N2C(=S)N[C@@H](c3ccccn3)[C@H]2c2ccn(C(C)(C)C)c2)c(OC)c1. The highest BCUT2D eigenvalue weighted by Crippen LogP contribution is 2.45. The zero-order chi connectivity index (χ0) is 22.2. The van der Waals surface area contributed by atoms with Gasteiger partial charge in [0, 0.05) is 30.2 Å². The van der Waals surface area contributed by atoms with Gasteiger partial charge < -0.3 is 24.3 Å². The number of aromatic nitrogens is 2. The topological polar surface area (TPSA) is 51.5 Å². The predicted octanol–water partition coefficient (Wildman–Crippen LogP) is 4.83. The minimum Gasteiger partial charge on any atom is -0.497 e. The number of anilines is 1. The third kappa shape index (κ3) is 3.97. The summed E-state index contributed by atoms with van der Waals surface area (Å²) in [5.74, 6) is 1.43. The Morgan fingerprint density at radius 2 is 1.87 bits per heavy atom. The molecule has 6 nitrogen and oxygen atoms in total. The number of ether oxygens (including phenoxy) is 2. The van der Waals surface area contributed by atoms with E-state index in [2.05, 4.69) is 59.0 Å². The van der Waals surface area contributed by atoms with Crippen LogP contribution in [0, 0.1) is 0 Å². The Kier molecular flexibility index (Phi) is 5.62. The third-order valence-electron chi connectivity index (χ3n) is 5.58. The standard InChI is InChI=1S/C24H28N4O2S/c1-24(2,3)27-13-11-16(15-27)22-21(18-8-6-7-12-25-18)26-23(31)28(22)19-10-9-17(29-4)14-20(19)30-5/h6-15,21-22H,1-5H3,(H,26,31)/t21-,22+/m0/s1. The maximum Gasteiger partial charge on any atom is 0.174 e. The summed E-state index contributed by atoms with van der Waals surface area (Å²) in [7, 11) is 3.30. The predicted molar refractivity (Wildman–Crippen MR) is 127 cm³/mol. The molecule has 2 atom stereocenters. The van der Waals surface area contributed by atoms with E-state index in [-0.39, 0.29) is 17.6 Å². The largest absolute Gasteiger partial charge is 0.497 e. The number of nitrogens with one attached hydrogen (secondary N) is 1. The van der Waals surface area contributed by atoms with Crippen molar-refractivity contribution in [1.29, 1.82) is 0 Å². The van der Waals surface area contributed by atoms with Crippen molar-refractivity contribution in [2.45, 2.75) is 38.4 Å². The molecular weight excluding hydrogens is 408 g/mol. The zero-order valence-electron chi connectivity index (χ0n) is 18.5. The lowest BCUT2D eigenvalue weighted by Crippen LogP contribution is -2.29. The maximum atomic E-state index is 5.82. The van der Waals surface area contributed by atoms with Crippen LogP contribution in [0.3, 0.4) is 0 Å². The molecule has 7 heteroatoms. The molecule has 0 radical (unpaired) electrons. The van der Waals surface area contributed by atoms with E-state index in [1.165, 1.54) is 0 Å². The molecule has 2 aromatic heterocycles. The van der Waals surface area contributed by atoms with Gasteiger partial charge in [-0.3, -0.25) is 4.98 Å². The van der Waals surface area contributed by atoms with E-state index >= 15 is 0 Å². The Morgan fingerprint density at radius 1 is 1.06 bits per heavy atom. The van der Waals surface area contributed by atoms with E-state index in [1.807, 2.05) is 42.6 Å². The van der Waals surface area contributed by atoms with Crippen LogP contribution >= 0.6 is 12.2 Å². The van der Waals surface area contributed by atoms with Crippen molar-refractivity contribution in [2.75, 3.05) is 19.1 Å². The number of pyridine rings is 1. The lowest BCUT2D eigenvalue weighted by atomic mass is 9.98. The lowest BCUT2D eigenvalue weighted by molar-refractivity contribution is 0.393. The molecule has 162 valence electrons. The monoisotopic (exact) mass is 436 g/mol. The fourth-order valence-corrected chi connectivity index (χ4v) is 4.28. The Labute approximate surface area is 188 Å². The van der Waals surface area contributed by atoms with Gasteiger partial charge in [-0.2, -0.15) is 0 Å². The van der Waals surface area contributed by atoms with Gasteiger partial charge in [0.1, 0.15) is 11.5 Å². The normalized spacial score (nSPS) is 18.7. The Morgan fingerprint density at radius 3 is 2.48 bits per heavy atom. The van der Waals surface area contributed by atoms with Gasteiger partial charge >= 0.3 is 0 Å². The number of rotatable bonds is 5. The molecule has 0 spiro atoms. The highest BCUT2D eigenvalue weighted by Gasteiger charge is 2.42. The molecule has 1 aliphatic heterocycles. The minimum absolute atomic E-state index is 0.0199. The molecule has 0 aliphatic carbocycles. The van der Waals surface area contributed by atoms with Gasteiger partial charge in [0.15, 0.2) is 5.11 Å². The second-order valence-electron chi connectivity index (χ2n) is 8.56. The number of thiocarbonyl (C=S) groups is 1. The number of methoxy groups -OCH3 is 2. The second kappa shape index (κ2) is 8.23. The summed E-state index contributed by atoms with van der Waals surface area (Å²) < 4.78 is 13.3. The summed E-state index contributed by atoms with van der Waals surface area (Å²) in [6.45, 7) is 6.57. The number of hydrogen-bond donors (Lipinski definition) is 1. The molecule has 1 saturated heterocycles. The lowest BCUT2D eigenvalue weighted by Gasteiger charge is -2.29. The maximum absolute atomic E-state index is 5.82. The molecule has 31 heavy (non-hydrogen) atoms. The first-order valence-electron chi connectivity index (χ1n) is 10.2. The van der Waals surface area contributed by atoms with E-state index < -0.39 is 0 Å². The Hall–Kier alpha value is -3.06. The van der Waals surface area contributed by atoms with Crippen LogP contribution in [0.2, 0.25) is 0 Å². The fraction of sp³-hybridized carbons (Fsp3) is 0.333. The Bertz CT molecular complexity index is 1070. The van der Waals surface area contributed by atoms with E-state index in [0.29, 0.717) is 10.9 Å². The van der Waals surface area contributed by atoms with Crippen LogP contribution in [0.15, 0.2) is 61.1 Å². The van der Waals surface area contributed by atoms with Crippen LogP contribution in [0.25, 0.3) is 0 Å². The first-order valence-corrected chi connectivity index (χ1v) is 10.7. The van der Waals surface area contributed by atoms with Gasteiger partial charge in [0.25, 0.3) is 0 Å². The highest BCUT2D eigenvalue weighted by molar-refractivity contribution is 7.80. The number of hydrogen-bond acceptors (Lipinski definition) is 4. The summed E-state index contributed by atoms with van der Waals surface area (Å²) in [6.07, 6.45) is 6.13. The summed E-state index contributed by atoms with van der Waals surface area (Å²) in [6, 6.07) is 13.7. The first-order chi connectivity index (χ1) is 14.8. The van der Waals surface area contributed by atoms with Crippen LogP contribution in [0.1, 0.15) is 44.1 Å². The molecule has 1 fully saturated rings. The average molecular weight is 437 g/mol. The molecule has 0 saturated carbocycles. The molecule has 1 N–H and O–H groups in total. The van der Waals surface area contributed by atoms with Crippen molar-refractivity contribution in [3.8, 4) is 11.5 Å². The van der Waals surface area contributed by atoms with E-state index in [4.69, 9.17) is 21.7 Å². The van der Waals surface area contributed by atoms with Gasteiger partial charge in [-0.05, 0) is 68.9 Å². The molecule has 3 aromatic rings. The summed E-state index contributed by atoms with van der Waals surface area (Å²) in [4.78, 5) is 6.74. The minimum atomic E-state index is -0.101. The molecule has 3 heterocycles. The fourth-order valence-electron chi connectivity index (χ4n) is 3.94. The van der Waals surface area contributed by atoms with E-state index in [1.54, 1.807) is 14.2 Å². The second-order valence-corrected chi connectivity index (χ2v) is 8.94. The van der Waals surface area contributed by atoms with Crippen LogP contribution in [-0.2, 0) is 5.54 Å². The van der Waals surface area contributed by atoms with Gasteiger partial charge in [-0.15, -0.1) is 0 Å². The number of benzene rings is 1. The molecule has 0 unspecified atom stereocenters. The van der Waals surface area contributed by atoms with Crippen LogP contribution in [0.4, 0.5) is 5.69 Å². The van der Waals surface area contributed by atoms with Crippen molar-refractivity contribution in [3.63, 3.8) is 0 Å². The summed E-state index contributed by atoms with van der Waals surface area (Å²) in [5.41, 5.74) is 2.95. The summed E-state index contributed by atoms with van der Waals surface area (Å²) >= 11 is 5.82. The zero-order valence-corrected chi connectivity index (χ0v) is 19.3. The smallest absolute Gasteiger partial charge is 0.174 e. The molecule has 4 rings (SSSR count). The van der Waals surface area contributed by atoms with Crippen LogP contribution in [0.5, 0.6) is 11.5 Å². The van der Waals surface area contributed by atoms with Gasteiger partial charge in [0.2, 0.25) is 0 Å². The van der Waals surface area contributed by atoms with Crippen molar-refractivity contribution < 1.29 is 9.47 Å². The summed E-state index contributed by atoms with van der Waals surface area (Å²) in [5, 5.41) is 4.13. The average Bonchev–Trinajstić information content (AvgIpc) is 3.38. The molecule has 0 amide bonds. The highest BCUT2D eigenvalue weighted by atomic mass is 32.1. The van der Waals surface area contributed by atoms with Crippen LogP contribution in [-0.4, -0.2) is 28.9 Å². The van der Waals surface area contributed by atoms with Gasteiger partial charge in [-0.25, -0.2) is 0 Å². The quantitative estimate of drug-likeness (QED) is 0.578. The van der Waals surface area contributed by atoms with Crippen LogP contribution < -0.4 is 19.7 Å². The molecule has 0 bridgehead atoms. The third-order valence-corrected chi connectivity index (χ3v) is 5.89. The van der Waals surface area contributed by atoms with Gasteiger partial charge in [-0.1, -0.05) is 6.07 Å². The van der Waals surface area contributed by atoms with Crippen molar-refractivity contribution in [3.05, 3.63) is 72.3 Å². The van der Waals surface area contributed by atoms with E-state index in [0.717, 1.165) is 22.7 Å². The molecular formula is C24H28N4O2S. The van der Waals surface area contributed by atoms with Crippen molar-refractivity contribution in [2.24, 2.45) is 0 Å². The Balaban J connectivity index is 1.85. The first kappa shape index (κ1) is 21.2. The van der Waals surface area contributed by atoms with Crippen molar-refractivity contribution >= 4 is 23.0 Å². The molecule has 1 aliphatic rings. The molecule has 1 aromatic carbocycles. The van der Waals surface area contributed by atoms with Crippen molar-refractivity contribution in [1.82, 2.24) is 14.9 Å². The van der Waals surface area contributed by atoms with Gasteiger partial charge in [0.05, 0.1) is 37.7 Å². The van der Waals surface area contributed by atoms with E-state index in [9.17, 15) is 0 Å².